The van der Waals surface area contributed by atoms with Crippen LogP contribution in [0.15, 0.2) is 12.4 Å². The van der Waals surface area contributed by atoms with E-state index in [1.807, 2.05) is 6.07 Å². The van der Waals surface area contributed by atoms with Gasteiger partial charge in [0.2, 0.25) is 0 Å². The Morgan fingerprint density at radius 3 is 3.17 bits per heavy atom. The van der Waals surface area contributed by atoms with Crippen LogP contribution >= 0.6 is 0 Å². The Balaban J connectivity index is 2.86. The van der Waals surface area contributed by atoms with E-state index in [9.17, 15) is 0 Å². The summed E-state index contributed by atoms with van der Waals surface area (Å²) in [4.78, 5) is 10.7. The van der Waals surface area contributed by atoms with Gasteiger partial charge in [0.1, 0.15) is 17.4 Å². The summed E-state index contributed by atoms with van der Waals surface area (Å²) >= 11 is 0. The van der Waals surface area contributed by atoms with E-state index in [2.05, 4.69) is 15.0 Å². The normalized spacial score (nSPS) is 9.92. The molecule has 0 atom stereocenters. The number of rotatable bonds is 0. The molecule has 0 radical (unpaired) electrons. The van der Waals surface area contributed by atoms with Crippen molar-refractivity contribution >= 4 is 17.0 Å². The molecule has 2 aromatic heterocycles. The Kier molecular flexibility index (Phi) is 1.21. The van der Waals surface area contributed by atoms with Crippen molar-refractivity contribution in [1.82, 2.24) is 15.0 Å². The Hall–Kier alpha value is -2.09. The maximum atomic E-state index is 8.64. The van der Waals surface area contributed by atoms with E-state index in [-0.39, 0.29) is 0 Å². The van der Waals surface area contributed by atoms with Crippen molar-refractivity contribution in [3.05, 3.63) is 18.0 Å². The lowest BCUT2D eigenvalue weighted by Crippen LogP contribution is -1.91. The number of hydrogen-bond donors (Lipinski definition) is 2. The van der Waals surface area contributed by atoms with E-state index < -0.39 is 0 Å². The summed E-state index contributed by atoms with van der Waals surface area (Å²) in [7, 11) is 0. The number of nitrogens with two attached hydrogens (primary N) is 1. The molecule has 0 saturated carbocycles. The summed E-state index contributed by atoms with van der Waals surface area (Å²) in [5.74, 6) is 0.318. The summed E-state index contributed by atoms with van der Waals surface area (Å²) in [6, 6.07) is 1.99. The fourth-order valence-corrected chi connectivity index (χ4v) is 0.990. The minimum Gasteiger partial charge on any atom is -0.382 e. The van der Waals surface area contributed by atoms with Gasteiger partial charge in [-0.05, 0) is 0 Å². The van der Waals surface area contributed by atoms with Crippen molar-refractivity contribution in [2.24, 2.45) is 0 Å². The Morgan fingerprint density at radius 1 is 1.58 bits per heavy atom. The van der Waals surface area contributed by atoms with Gasteiger partial charge in [-0.2, -0.15) is 5.26 Å². The zero-order valence-electron chi connectivity index (χ0n) is 6.07. The number of nitrogens with one attached hydrogen (secondary N) is 1. The van der Waals surface area contributed by atoms with Crippen LogP contribution in [0.5, 0.6) is 0 Å². The van der Waals surface area contributed by atoms with Gasteiger partial charge < -0.3 is 10.7 Å². The summed E-state index contributed by atoms with van der Waals surface area (Å²) < 4.78 is 0. The van der Waals surface area contributed by atoms with E-state index in [1.165, 1.54) is 6.20 Å². The standard InChI is InChI=1S/C7H5N5/c8-1-4-2-10-7-6(4)12-5(9)3-11-7/h2-3H,(H2,9,12)(H,10,11). The van der Waals surface area contributed by atoms with Gasteiger partial charge in [0.05, 0.1) is 11.8 Å². The number of nitriles is 1. The molecule has 0 aliphatic heterocycles. The molecule has 58 valence electrons. The van der Waals surface area contributed by atoms with Crippen LogP contribution in [0.2, 0.25) is 0 Å². The minimum absolute atomic E-state index is 0.318. The first-order chi connectivity index (χ1) is 5.81. The molecule has 0 bridgehead atoms. The first-order valence-corrected chi connectivity index (χ1v) is 3.31. The van der Waals surface area contributed by atoms with E-state index in [4.69, 9.17) is 11.0 Å². The average molecular weight is 159 g/mol. The third-order valence-corrected chi connectivity index (χ3v) is 1.52. The monoisotopic (exact) mass is 159 g/mol. The highest BCUT2D eigenvalue weighted by atomic mass is 15.0. The molecule has 3 N–H and O–H groups in total. The number of aromatic nitrogens is 3. The fraction of sp³-hybridized carbons (Fsp3) is 0. The van der Waals surface area contributed by atoms with Crippen molar-refractivity contribution in [3.8, 4) is 6.07 Å². The van der Waals surface area contributed by atoms with Gasteiger partial charge in [-0.3, -0.25) is 0 Å². The molecule has 2 rings (SSSR count). The predicted octanol–water partition coefficient (Wildman–Crippen LogP) is 0.412. The Bertz CT molecular complexity index is 464. The van der Waals surface area contributed by atoms with Crippen LogP contribution in [0.1, 0.15) is 5.56 Å². The smallest absolute Gasteiger partial charge is 0.157 e. The van der Waals surface area contributed by atoms with E-state index in [0.717, 1.165) is 0 Å². The topological polar surface area (TPSA) is 91.4 Å². The average Bonchev–Trinajstić information content (AvgIpc) is 2.46. The first kappa shape index (κ1) is 6.61. The third-order valence-electron chi connectivity index (χ3n) is 1.52. The summed E-state index contributed by atoms with van der Waals surface area (Å²) in [6.07, 6.45) is 3.00. The summed E-state index contributed by atoms with van der Waals surface area (Å²) in [5, 5.41) is 8.64. The first-order valence-electron chi connectivity index (χ1n) is 3.31. The quantitative estimate of drug-likeness (QED) is 0.582. The zero-order chi connectivity index (χ0) is 8.55. The van der Waals surface area contributed by atoms with Crippen molar-refractivity contribution in [1.29, 1.82) is 5.26 Å². The maximum Gasteiger partial charge on any atom is 0.157 e. The molecular weight excluding hydrogens is 154 g/mol. The Morgan fingerprint density at radius 2 is 2.42 bits per heavy atom. The lowest BCUT2D eigenvalue weighted by Gasteiger charge is -1.90. The van der Waals surface area contributed by atoms with Crippen LogP contribution < -0.4 is 5.73 Å². The lowest BCUT2D eigenvalue weighted by atomic mass is 10.3. The third kappa shape index (κ3) is 0.787. The summed E-state index contributed by atoms with van der Waals surface area (Å²) in [6.45, 7) is 0. The molecule has 12 heavy (non-hydrogen) atoms. The molecule has 5 heteroatoms. The second-order valence-electron chi connectivity index (χ2n) is 2.31. The predicted molar refractivity (Wildman–Crippen MR) is 43.0 cm³/mol. The van der Waals surface area contributed by atoms with Crippen LogP contribution in [-0.2, 0) is 0 Å². The summed E-state index contributed by atoms with van der Waals surface area (Å²) in [5.41, 5.74) is 6.98. The van der Waals surface area contributed by atoms with E-state index >= 15 is 0 Å². The van der Waals surface area contributed by atoms with Gasteiger partial charge in [-0.25, -0.2) is 9.97 Å². The number of anilines is 1. The van der Waals surface area contributed by atoms with E-state index in [0.29, 0.717) is 22.5 Å². The molecule has 0 amide bonds. The van der Waals surface area contributed by atoms with Gasteiger partial charge in [-0.1, -0.05) is 0 Å². The lowest BCUT2D eigenvalue weighted by molar-refractivity contribution is 1.27. The molecule has 0 fully saturated rings. The van der Waals surface area contributed by atoms with Gasteiger partial charge in [0.25, 0.3) is 0 Å². The van der Waals surface area contributed by atoms with Gasteiger partial charge in [0.15, 0.2) is 5.65 Å². The second-order valence-corrected chi connectivity index (χ2v) is 2.31. The SMILES string of the molecule is N#Cc1c[nH]c2ncc(N)nc12. The molecule has 0 unspecified atom stereocenters. The second kappa shape index (κ2) is 2.20. The molecule has 2 aromatic rings. The minimum atomic E-state index is 0.318. The largest absolute Gasteiger partial charge is 0.382 e. The maximum absolute atomic E-state index is 8.64. The number of nitrogens with zero attached hydrogens (tertiary/aromatic N) is 3. The molecular formula is C7H5N5. The number of aromatic amines is 1. The van der Waals surface area contributed by atoms with Crippen molar-refractivity contribution in [2.75, 3.05) is 5.73 Å². The molecule has 0 aliphatic rings. The number of nitrogen functional groups attached to an aromatic ring is 1. The zero-order valence-corrected chi connectivity index (χ0v) is 6.07. The van der Waals surface area contributed by atoms with E-state index in [1.54, 1.807) is 6.20 Å². The van der Waals surface area contributed by atoms with Crippen LogP contribution in [0, 0.1) is 11.3 Å². The van der Waals surface area contributed by atoms with Crippen LogP contribution in [0.4, 0.5) is 5.82 Å². The van der Waals surface area contributed by atoms with Crippen molar-refractivity contribution in [3.63, 3.8) is 0 Å². The molecule has 2 heterocycles. The fourth-order valence-electron chi connectivity index (χ4n) is 0.990. The number of H-pyrrole nitrogens is 1. The van der Waals surface area contributed by atoms with Gasteiger partial charge in [0, 0.05) is 6.20 Å². The highest BCUT2D eigenvalue weighted by Crippen LogP contribution is 2.13. The van der Waals surface area contributed by atoms with Crippen LogP contribution in [0.3, 0.4) is 0 Å². The van der Waals surface area contributed by atoms with Crippen LogP contribution in [0.25, 0.3) is 11.2 Å². The van der Waals surface area contributed by atoms with Crippen molar-refractivity contribution < 1.29 is 0 Å². The molecule has 0 spiro atoms. The molecule has 5 nitrogen and oxygen atoms in total. The highest BCUT2D eigenvalue weighted by Gasteiger charge is 2.04. The molecule has 0 saturated heterocycles. The Labute approximate surface area is 67.9 Å². The number of hydrogen-bond acceptors (Lipinski definition) is 4. The van der Waals surface area contributed by atoms with Crippen molar-refractivity contribution in [2.45, 2.75) is 0 Å². The van der Waals surface area contributed by atoms with Gasteiger partial charge in [-0.15, -0.1) is 0 Å². The highest BCUT2D eigenvalue weighted by molar-refractivity contribution is 5.78. The number of fused-ring (bicyclic) bond motifs is 1. The van der Waals surface area contributed by atoms with Gasteiger partial charge >= 0.3 is 0 Å². The van der Waals surface area contributed by atoms with Crippen LogP contribution in [-0.4, -0.2) is 15.0 Å². The molecule has 0 aliphatic carbocycles. The molecule has 0 aromatic carbocycles.